The summed E-state index contributed by atoms with van der Waals surface area (Å²) in [5, 5.41) is 8.16. The van der Waals surface area contributed by atoms with Gasteiger partial charge in [0.15, 0.2) is 0 Å². The molecule has 3 rings (SSSR count). The van der Waals surface area contributed by atoms with Crippen LogP contribution in [0.25, 0.3) is 6.08 Å². The highest BCUT2D eigenvalue weighted by atomic mass is 32.2. The zero-order valence-corrected chi connectivity index (χ0v) is 24.7. The zero-order chi connectivity index (χ0) is 26.4. The van der Waals surface area contributed by atoms with E-state index in [1.165, 1.54) is 30.7 Å². The fourth-order valence-corrected chi connectivity index (χ4v) is 7.70. The van der Waals surface area contributed by atoms with Crippen LogP contribution < -0.4 is 5.32 Å². The third kappa shape index (κ3) is 6.32. The number of nitrogens with one attached hydrogen (secondary N) is 1. The monoisotopic (exact) mass is 539 g/mol. The van der Waals surface area contributed by atoms with E-state index in [-0.39, 0.29) is 0 Å². The van der Waals surface area contributed by atoms with Crippen LogP contribution in [0.2, 0.25) is 0 Å². The Bertz CT molecular complexity index is 1070. The van der Waals surface area contributed by atoms with Crippen LogP contribution in [0.3, 0.4) is 0 Å². The molecule has 0 spiro atoms. The maximum Gasteiger partial charge on any atom is 0.0614 e. The number of nitrogens with zero attached hydrogens (tertiary/aromatic N) is 2. The maximum absolute atomic E-state index is 4.88. The smallest absolute Gasteiger partial charge is 0.0614 e. The number of hydrogen-bond donors (Lipinski definition) is 2. The van der Waals surface area contributed by atoms with Crippen LogP contribution in [-0.4, -0.2) is 29.7 Å². The van der Waals surface area contributed by atoms with Crippen molar-refractivity contribution in [3.05, 3.63) is 82.6 Å². The van der Waals surface area contributed by atoms with Gasteiger partial charge in [0.25, 0.3) is 0 Å². The lowest BCUT2D eigenvalue weighted by atomic mass is 10.1. The number of thiol groups is 1. The Morgan fingerprint density at radius 1 is 1.03 bits per heavy atom. The summed E-state index contributed by atoms with van der Waals surface area (Å²) in [4.78, 5) is 3.47. The second-order valence-corrected chi connectivity index (χ2v) is 12.2. The van der Waals surface area contributed by atoms with E-state index in [1.54, 1.807) is 0 Å². The van der Waals surface area contributed by atoms with E-state index in [1.807, 2.05) is 29.6 Å². The molecule has 0 saturated carbocycles. The molecule has 0 bridgehead atoms. The molecule has 1 fully saturated rings. The Hall–Kier alpha value is -1.89. The Kier molecular flexibility index (Phi) is 10.4. The van der Waals surface area contributed by atoms with Crippen LogP contribution in [0.15, 0.2) is 86.1 Å². The highest BCUT2D eigenvalue weighted by Crippen LogP contribution is 2.59. The summed E-state index contributed by atoms with van der Waals surface area (Å²) in [6, 6.07) is 2.13. The van der Waals surface area contributed by atoms with Gasteiger partial charge in [0.05, 0.1) is 15.6 Å². The molecule has 2 heterocycles. The molecular formula is C30H41N3S3. The van der Waals surface area contributed by atoms with Gasteiger partial charge < -0.3 is 5.32 Å². The average molecular weight is 540 g/mol. The van der Waals surface area contributed by atoms with Crippen molar-refractivity contribution in [2.24, 2.45) is 0 Å². The summed E-state index contributed by atoms with van der Waals surface area (Å²) in [5.41, 5.74) is 7.79. The first-order chi connectivity index (χ1) is 17.2. The van der Waals surface area contributed by atoms with Crippen molar-refractivity contribution in [2.75, 3.05) is 19.6 Å². The van der Waals surface area contributed by atoms with Gasteiger partial charge in [-0.2, -0.15) is 0 Å². The standard InChI is InChI=1S/C30H41N3S3/c1-9-12-16-32-22(7)27(23(8)33(32)17-13-10-2)30-35-28-24(11-3)19-26(34)25(29(28)36-30)18-21(6)31-15-14-20(4)5/h11,19,31,34H,3-4,6-10,12-18H2,1-2,5H3. The van der Waals surface area contributed by atoms with Gasteiger partial charge in [-0.1, -0.05) is 88.2 Å². The van der Waals surface area contributed by atoms with Crippen LogP contribution in [0.4, 0.5) is 0 Å². The van der Waals surface area contributed by atoms with Gasteiger partial charge in [0.1, 0.15) is 0 Å². The van der Waals surface area contributed by atoms with E-state index < -0.39 is 0 Å². The largest absolute Gasteiger partial charge is 0.388 e. The lowest BCUT2D eigenvalue weighted by Gasteiger charge is -2.31. The fraction of sp³-hybridized carbons (Fsp3) is 0.400. The SMILES string of the molecule is C=Cc1cc(S)c(CC(=C)NCCC(=C)C)c2c1SC(=C1C(=C)N(CCCC)N(CCCC)C1=C)S2. The van der Waals surface area contributed by atoms with Gasteiger partial charge >= 0.3 is 0 Å². The Balaban J connectivity index is 1.95. The molecule has 2 aliphatic heterocycles. The molecule has 2 aliphatic rings. The predicted molar refractivity (Wildman–Crippen MR) is 164 cm³/mol. The van der Waals surface area contributed by atoms with E-state index in [4.69, 9.17) is 12.6 Å². The fourth-order valence-electron chi connectivity index (χ4n) is 4.34. The van der Waals surface area contributed by atoms with Gasteiger partial charge in [0.2, 0.25) is 0 Å². The quantitative estimate of drug-likeness (QED) is 0.192. The van der Waals surface area contributed by atoms with Gasteiger partial charge in [-0.3, -0.25) is 10.0 Å². The third-order valence-corrected chi connectivity index (χ3v) is 9.52. The Morgan fingerprint density at radius 2 is 1.61 bits per heavy atom. The lowest BCUT2D eigenvalue weighted by molar-refractivity contribution is 0.0742. The third-order valence-electron chi connectivity index (χ3n) is 6.41. The molecule has 36 heavy (non-hydrogen) atoms. The second kappa shape index (κ2) is 13.1. The number of hydrogen-bond acceptors (Lipinski definition) is 6. The summed E-state index contributed by atoms with van der Waals surface area (Å²) in [5.74, 6) is 0. The lowest BCUT2D eigenvalue weighted by Crippen LogP contribution is -2.35. The molecule has 6 heteroatoms. The topological polar surface area (TPSA) is 18.5 Å². The number of fused-ring (bicyclic) bond motifs is 1. The molecule has 0 aromatic heterocycles. The van der Waals surface area contributed by atoms with E-state index in [0.717, 1.165) is 85.7 Å². The van der Waals surface area contributed by atoms with Crippen LogP contribution in [0.5, 0.6) is 0 Å². The number of allylic oxidation sites excluding steroid dienone is 1. The van der Waals surface area contributed by atoms with Crippen molar-refractivity contribution in [2.45, 2.75) is 74.0 Å². The van der Waals surface area contributed by atoms with Crippen molar-refractivity contribution < 1.29 is 0 Å². The van der Waals surface area contributed by atoms with Crippen molar-refractivity contribution in [1.82, 2.24) is 15.3 Å². The molecule has 1 aromatic carbocycles. The molecule has 1 saturated heterocycles. The first-order valence-electron chi connectivity index (χ1n) is 12.8. The summed E-state index contributed by atoms with van der Waals surface area (Å²) >= 11 is 8.52. The summed E-state index contributed by atoms with van der Waals surface area (Å²) in [6.07, 6.45) is 8.17. The second-order valence-electron chi connectivity index (χ2n) is 9.45. The Labute approximate surface area is 232 Å². The van der Waals surface area contributed by atoms with E-state index in [9.17, 15) is 0 Å². The number of benzene rings is 1. The molecule has 0 amide bonds. The molecule has 0 radical (unpaired) electrons. The minimum absolute atomic E-state index is 0.734. The minimum atomic E-state index is 0.734. The first-order valence-corrected chi connectivity index (χ1v) is 14.9. The van der Waals surface area contributed by atoms with Crippen LogP contribution in [0, 0.1) is 0 Å². The number of thioether (sulfide) groups is 2. The average Bonchev–Trinajstić information content (AvgIpc) is 3.36. The summed E-state index contributed by atoms with van der Waals surface area (Å²) in [7, 11) is 0. The van der Waals surface area contributed by atoms with E-state index in [0.29, 0.717) is 0 Å². The predicted octanol–water partition coefficient (Wildman–Crippen LogP) is 8.80. The van der Waals surface area contributed by atoms with E-state index in [2.05, 4.69) is 75.1 Å². The van der Waals surface area contributed by atoms with Gasteiger partial charge in [-0.05, 0) is 43.4 Å². The van der Waals surface area contributed by atoms with Crippen LogP contribution >= 0.6 is 36.2 Å². The van der Waals surface area contributed by atoms with Gasteiger partial charge in [0, 0.05) is 52.0 Å². The maximum atomic E-state index is 4.88. The molecule has 1 N–H and O–H groups in total. The normalized spacial score (nSPS) is 15.1. The van der Waals surface area contributed by atoms with Crippen molar-refractivity contribution in [3.63, 3.8) is 0 Å². The van der Waals surface area contributed by atoms with Gasteiger partial charge in [-0.25, -0.2) is 0 Å². The molecule has 3 nitrogen and oxygen atoms in total. The number of hydrazine groups is 1. The molecule has 0 unspecified atom stereocenters. The number of rotatable bonds is 13. The van der Waals surface area contributed by atoms with Gasteiger partial charge in [-0.15, -0.1) is 19.2 Å². The first kappa shape index (κ1) is 28.7. The molecule has 0 aliphatic carbocycles. The molecular weight excluding hydrogens is 499 g/mol. The molecule has 0 atom stereocenters. The van der Waals surface area contributed by atoms with Crippen LogP contribution in [0.1, 0.15) is 64.0 Å². The summed E-state index contributed by atoms with van der Waals surface area (Å²) in [6.45, 7) is 30.7. The molecule has 1 aromatic rings. The number of unbranched alkanes of at least 4 members (excludes halogenated alkanes) is 2. The van der Waals surface area contributed by atoms with Crippen molar-refractivity contribution >= 4 is 42.2 Å². The Morgan fingerprint density at radius 3 is 2.14 bits per heavy atom. The van der Waals surface area contributed by atoms with Crippen molar-refractivity contribution in [1.29, 1.82) is 0 Å². The molecule has 194 valence electrons. The zero-order valence-electron chi connectivity index (χ0n) is 22.2. The minimum Gasteiger partial charge on any atom is -0.388 e. The van der Waals surface area contributed by atoms with E-state index >= 15 is 0 Å². The van der Waals surface area contributed by atoms with Crippen molar-refractivity contribution in [3.8, 4) is 0 Å². The van der Waals surface area contributed by atoms with Crippen LogP contribution in [-0.2, 0) is 6.42 Å². The highest BCUT2D eigenvalue weighted by molar-refractivity contribution is 8.24. The highest BCUT2D eigenvalue weighted by Gasteiger charge is 2.37. The summed E-state index contributed by atoms with van der Waals surface area (Å²) < 4.78 is 1.24.